The number of amides is 2. The van der Waals surface area contributed by atoms with Gasteiger partial charge in [-0.15, -0.1) is 0 Å². The summed E-state index contributed by atoms with van der Waals surface area (Å²) in [5.41, 5.74) is 4.07. The summed E-state index contributed by atoms with van der Waals surface area (Å²) < 4.78 is 33.2. The Bertz CT molecular complexity index is 1660. The molecule has 0 unspecified atom stereocenters. The molecule has 0 heterocycles. The van der Waals surface area contributed by atoms with Gasteiger partial charge in [-0.05, 0) is 59.9 Å². The van der Waals surface area contributed by atoms with Crippen molar-refractivity contribution in [2.24, 2.45) is 0 Å². The van der Waals surface area contributed by atoms with E-state index in [2.05, 4.69) is 5.32 Å². The molecule has 4 aromatic rings. The maximum atomic E-state index is 14.3. The zero-order valence-corrected chi connectivity index (χ0v) is 27.6. The van der Waals surface area contributed by atoms with E-state index in [1.165, 1.54) is 4.90 Å². The third kappa shape index (κ3) is 9.94. The molecule has 9 heteroatoms. The zero-order valence-electron chi connectivity index (χ0n) is 26.8. The quantitative estimate of drug-likeness (QED) is 0.154. The van der Waals surface area contributed by atoms with Gasteiger partial charge in [-0.2, -0.15) is 0 Å². The summed E-state index contributed by atoms with van der Waals surface area (Å²) in [6.07, 6.45) is 3.07. The lowest BCUT2D eigenvalue weighted by molar-refractivity contribution is -0.140. The minimum Gasteiger partial charge on any atom is -0.489 e. The van der Waals surface area contributed by atoms with Crippen LogP contribution in [0.1, 0.15) is 42.0 Å². The number of benzene rings is 4. The van der Waals surface area contributed by atoms with E-state index < -0.39 is 28.5 Å². The molecule has 242 valence electrons. The fourth-order valence-electron chi connectivity index (χ4n) is 5.09. The Kier molecular flexibility index (Phi) is 12.4. The van der Waals surface area contributed by atoms with E-state index in [9.17, 15) is 18.0 Å². The minimum absolute atomic E-state index is 0.147. The fraction of sp³-hybridized carbons (Fsp3) is 0.297. The normalized spacial score (nSPS) is 11.8. The Morgan fingerprint density at radius 1 is 0.826 bits per heavy atom. The van der Waals surface area contributed by atoms with Crippen molar-refractivity contribution < 1.29 is 22.7 Å². The first-order valence-corrected chi connectivity index (χ1v) is 17.4. The number of nitrogens with zero attached hydrogens (tertiary/aromatic N) is 2. The SMILES string of the molecule is CCCCNC(=O)[C@@H](Cc1ccccc1)N(Cc1ccccc1C)C(=O)CN(c1ccc(OCc2ccccc2)cc1)S(C)(=O)=O. The second kappa shape index (κ2) is 16.6. The van der Waals surface area contributed by atoms with Crippen LogP contribution in [0.3, 0.4) is 0 Å². The third-order valence-corrected chi connectivity index (χ3v) is 8.90. The monoisotopic (exact) mass is 641 g/mol. The number of carbonyl (C=O) groups is 2. The Balaban J connectivity index is 1.64. The lowest BCUT2D eigenvalue weighted by Gasteiger charge is -2.34. The van der Waals surface area contributed by atoms with Crippen molar-refractivity contribution in [3.05, 3.63) is 131 Å². The van der Waals surface area contributed by atoms with Crippen molar-refractivity contribution >= 4 is 27.5 Å². The number of anilines is 1. The van der Waals surface area contributed by atoms with E-state index in [0.717, 1.165) is 45.7 Å². The highest BCUT2D eigenvalue weighted by Gasteiger charge is 2.33. The van der Waals surface area contributed by atoms with Gasteiger partial charge in [0, 0.05) is 19.5 Å². The Labute approximate surface area is 273 Å². The number of rotatable bonds is 16. The largest absolute Gasteiger partial charge is 0.489 e. The molecule has 2 amide bonds. The summed E-state index contributed by atoms with van der Waals surface area (Å²) in [7, 11) is -3.87. The highest BCUT2D eigenvalue weighted by molar-refractivity contribution is 7.92. The lowest BCUT2D eigenvalue weighted by Crippen LogP contribution is -2.53. The average Bonchev–Trinajstić information content (AvgIpc) is 3.06. The van der Waals surface area contributed by atoms with Crippen LogP contribution in [0.15, 0.2) is 109 Å². The molecule has 4 aromatic carbocycles. The smallest absolute Gasteiger partial charge is 0.244 e. The van der Waals surface area contributed by atoms with Crippen LogP contribution in [0.25, 0.3) is 0 Å². The van der Waals surface area contributed by atoms with Crippen LogP contribution in [0.5, 0.6) is 5.75 Å². The van der Waals surface area contributed by atoms with E-state index in [-0.39, 0.29) is 18.9 Å². The maximum absolute atomic E-state index is 14.3. The first-order valence-electron chi connectivity index (χ1n) is 15.6. The van der Waals surface area contributed by atoms with Crippen LogP contribution in [0, 0.1) is 6.92 Å². The molecule has 0 aliphatic rings. The number of ether oxygens (including phenoxy) is 1. The molecule has 46 heavy (non-hydrogen) atoms. The van der Waals surface area contributed by atoms with Crippen LogP contribution in [-0.4, -0.2) is 50.5 Å². The van der Waals surface area contributed by atoms with Gasteiger partial charge in [0.2, 0.25) is 21.8 Å². The molecular formula is C37H43N3O5S. The average molecular weight is 642 g/mol. The topological polar surface area (TPSA) is 96.0 Å². The van der Waals surface area contributed by atoms with Crippen LogP contribution in [0.2, 0.25) is 0 Å². The first kappa shape index (κ1) is 34.2. The molecule has 0 aliphatic carbocycles. The predicted molar refractivity (Wildman–Crippen MR) is 183 cm³/mol. The molecular weight excluding hydrogens is 598 g/mol. The molecule has 0 spiro atoms. The molecule has 1 atom stereocenters. The van der Waals surface area contributed by atoms with Crippen molar-refractivity contribution in [1.82, 2.24) is 10.2 Å². The van der Waals surface area contributed by atoms with Crippen LogP contribution in [-0.2, 0) is 39.2 Å². The van der Waals surface area contributed by atoms with Gasteiger partial charge in [0.1, 0.15) is 24.9 Å². The summed E-state index contributed by atoms with van der Waals surface area (Å²) in [5.74, 6) is -0.185. The Morgan fingerprint density at radius 2 is 1.43 bits per heavy atom. The van der Waals surface area contributed by atoms with Crippen molar-refractivity contribution in [2.45, 2.75) is 52.3 Å². The van der Waals surface area contributed by atoms with Crippen LogP contribution >= 0.6 is 0 Å². The van der Waals surface area contributed by atoms with E-state index in [1.807, 2.05) is 98.8 Å². The predicted octanol–water partition coefficient (Wildman–Crippen LogP) is 5.90. The molecule has 0 radical (unpaired) electrons. The number of aryl methyl sites for hydroxylation is 1. The summed E-state index contributed by atoms with van der Waals surface area (Å²) >= 11 is 0. The highest BCUT2D eigenvalue weighted by atomic mass is 32.2. The van der Waals surface area contributed by atoms with Gasteiger partial charge in [-0.3, -0.25) is 13.9 Å². The molecule has 0 aromatic heterocycles. The van der Waals surface area contributed by atoms with E-state index in [4.69, 9.17) is 4.74 Å². The van der Waals surface area contributed by atoms with Crippen molar-refractivity contribution in [3.63, 3.8) is 0 Å². The fourth-order valence-corrected chi connectivity index (χ4v) is 5.94. The molecule has 0 saturated heterocycles. The number of hydrogen-bond donors (Lipinski definition) is 1. The standard InChI is InChI=1S/C37H43N3O5S/c1-4-5-24-38-37(42)35(25-30-15-8-6-9-16-30)39(26-32-19-13-12-14-29(32)2)36(41)27-40(46(3,43)44)33-20-22-34(23-21-33)45-28-31-17-10-7-11-18-31/h6-23,35H,4-5,24-28H2,1-3H3,(H,38,42)/t35-/m1/s1. The third-order valence-electron chi connectivity index (χ3n) is 7.75. The molecule has 0 fully saturated rings. The summed E-state index contributed by atoms with van der Waals surface area (Å²) in [6.45, 7) is 4.53. The van der Waals surface area contributed by atoms with Crippen LogP contribution < -0.4 is 14.4 Å². The number of sulfonamides is 1. The number of nitrogens with one attached hydrogen (secondary N) is 1. The lowest BCUT2D eigenvalue weighted by atomic mass is 10.0. The van der Waals surface area contributed by atoms with Gasteiger partial charge < -0.3 is 15.0 Å². The number of unbranched alkanes of at least 4 members (excludes halogenated alkanes) is 1. The maximum Gasteiger partial charge on any atom is 0.244 e. The highest BCUT2D eigenvalue weighted by Crippen LogP contribution is 2.24. The van der Waals surface area contributed by atoms with E-state index in [1.54, 1.807) is 24.3 Å². The van der Waals surface area contributed by atoms with Crippen molar-refractivity contribution in [1.29, 1.82) is 0 Å². The molecule has 4 rings (SSSR count). The molecule has 0 aliphatic heterocycles. The Morgan fingerprint density at radius 3 is 2.04 bits per heavy atom. The Hall–Kier alpha value is -4.63. The number of carbonyl (C=O) groups excluding carboxylic acids is 2. The zero-order chi connectivity index (χ0) is 32.9. The molecule has 8 nitrogen and oxygen atoms in total. The van der Waals surface area contributed by atoms with Gasteiger partial charge in [-0.25, -0.2) is 8.42 Å². The van der Waals surface area contributed by atoms with Gasteiger partial charge >= 0.3 is 0 Å². The van der Waals surface area contributed by atoms with E-state index >= 15 is 0 Å². The van der Waals surface area contributed by atoms with Crippen molar-refractivity contribution in [3.8, 4) is 5.75 Å². The van der Waals surface area contributed by atoms with Gasteiger partial charge in [0.15, 0.2) is 0 Å². The first-order chi connectivity index (χ1) is 22.2. The summed E-state index contributed by atoms with van der Waals surface area (Å²) in [4.78, 5) is 29.6. The van der Waals surface area contributed by atoms with Gasteiger partial charge in [0.05, 0.1) is 11.9 Å². The van der Waals surface area contributed by atoms with Gasteiger partial charge in [0.25, 0.3) is 0 Å². The second-order valence-corrected chi connectivity index (χ2v) is 13.2. The van der Waals surface area contributed by atoms with Crippen LogP contribution in [0.4, 0.5) is 5.69 Å². The minimum atomic E-state index is -3.87. The molecule has 0 saturated carbocycles. The van der Waals surface area contributed by atoms with Crippen molar-refractivity contribution in [2.75, 3.05) is 23.7 Å². The molecule has 1 N–H and O–H groups in total. The second-order valence-electron chi connectivity index (χ2n) is 11.3. The molecule has 0 bridgehead atoms. The summed E-state index contributed by atoms with van der Waals surface area (Å²) in [6, 6.07) is 32.7. The summed E-state index contributed by atoms with van der Waals surface area (Å²) in [5, 5.41) is 3.01. The van der Waals surface area contributed by atoms with E-state index in [0.29, 0.717) is 24.6 Å². The number of hydrogen-bond acceptors (Lipinski definition) is 5. The van der Waals surface area contributed by atoms with Gasteiger partial charge in [-0.1, -0.05) is 98.3 Å².